The molecule has 0 spiro atoms. The van der Waals surface area contributed by atoms with Crippen molar-refractivity contribution >= 4 is 23.1 Å². The lowest BCUT2D eigenvalue weighted by atomic mass is 10.2. The molecular weight excluding hydrogens is 809 g/mol. The van der Waals surface area contributed by atoms with Crippen LogP contribution in [0.4, 0.5) is 23.1 Å². The molecule has 0 radical (unpaired) electrons. The van der Waals surface area contributed by atoms with E-state index in [4.69, 9.17) is 18.9 Å². The maximum atomic E-state index is 5.68. The van der Waals surface area contributed by atoms with Gasteiger partial charge < -0.3 is 38.5 Å². The second kappa shape index (κ2) is 20.4. The van der Waals surface area contributed by atoms with Crippen LogP contribution in [-0.4, -0.2) is 66.8 Å². The number of aromatic nitrogens is 8. The van der Waals surface area contributed by atoms with Gasteiger partial charge in [-0.05, 0) is 72.8 Å². The molecule has 1 aromatic carbocycles. The zero-order valence-electron chi connectivity index (χ0n) is 34.8. The summed E-state index contributed by atoms with van der Waals surface area (Å²) < 4.78 is 22.5. The molecule has 0 saturated carbocycles. The van der Waals surface area contributed by atoms with E-state index in [9.17, 15) is 0 Å². The minimum Gasteiger partial charge on any atom is -0.473 e. The monoisotopic (exact) mass is 852 g/mol. The van der Waals surface area contributed by atoms with Gasteiger partial charge in [-0.25, -0.2) is 15.0 Å². The Morgan fingerprint density at radius 2 is 0.859 bits per heavy atom. The van der Waals surface area contributed by atoms with Gasteiger partial charge in [0.15, 0.2) is 26.9 Å². The Labute approximate surface area is 370 Å². The molecule has 0 N–H and O–H groups in total. The summed E-state index contributed by atoms with van der Waals surface area (Å²) in [4.78, 5) is 41.7. The van der Waals surface area contributed by atoms with E-state index in [-0.39, 0.29) is 0 Å². The maximum absolute atomic E-state index is 5.68. The van der Waals surface area contributed by atoms with Gasteiger partial charge in [0.05, 0.1) is 38.1 Å². The van der Waals surface area contributed by atoms with Crippen LogP contribution in [0.5, 0.6) is 23.0 Å². The smallest absolute Gasteiger partial charge is 0.228 e. The van der Waals surface area contributed by atoms with E-state index >= 15 is 0 Å². The Balaban J connectivity index is 0.000000108. The predicted molar refractivity (Wildman–Crippen MR) is 241 cm³/mol. The van der Waals surface area contributed by atoms with Crippen LogP contribution in [0.25, 0.3) is 0 Å². The second-order valence-corrected chi connectivity index (χ2v) is 14.6. The Morgan fingerprint density at radius 1 is 0.344 bits per heavy atom. The van der Waals surface area contributed by atoms with Gasteiger partial charge in [-0.15, -0.1) is 0 Å². The molecule has 0 atom stereocenters. The number of hydrogen-bond acceptors (Lipinski definition) is 16. The minimum absolute atomic E-state index is 0.473. The zero-order valence-corrected chi connectivity index (χ0v) is 34.8. The largest absolute Gasteiger partial charge is 0.473 e. The van der Waals surface area contributed by atoms with E-state index in [2.05, 4.69) is 66.7 Å². The van der Waals surface area contributed by atoms with Crippen molar-refractivity contribution in [2.45, 2.75) is 26.2 Å². The van der Waals surface area contributed by atoms with Crippen LogP contribution in [0.15, 0.2) is 171 Å². The molecule has 16 nitrogen and oxygen atoms in total. The van der Waals surface area contributed by atoms with Crippen LogP contribution in [0.2, 0.25) is 0 Å². The highest BCUT2D eigenvalue weighted by Gasteiger charge is 2.21. The molecule has 16 heteroatoms. The fourth-order valence-corrected chi connectivity index (χ4v) is 7.05. The number of hydrogen-bond donors (Lipinski definition) is 0. The van der Waals surface area contributed by atoms with Gasteiger partial charge in [-0.3, -0.25) is 24.9 Å². The van der Waals surface area contributed by atoms with Crippen LogP contribution in [0.3, 0.4) is 0 Å². The first kappa shape index (κ1) is 41.0. The number of ether oxygens (including phenoxy) is 4. The van der Waals surface area contributed by atoms with Gasteiger partial charge in [0.2, 0.25) is 5.95 Å². The highest BCUT2D eigenvalue weighted by molar-refractivity contribution is 5.50. The summed E-state index contributed by atoms with van der Waals surface area (Å²) in [5.41, 5.74) is 6.50. The average molecular weight is 853 g/mol. The van der Waals surface area contributed by atoms with Crippen LogP contribution < -0.4 is 38.5 Å². The van der Waals surface area contributed by atoms with E-state index in [1.165, 1.54) is 5.69 Å². The molecule has 320 valence electrons. The molecular formula is C48H44N12O4. The van der Waals surface area contributed by atoms with Crippen molar-refractivity contribution in [2.24, 2.45) is 0 Å². The highest BCUT2D eigenvalue weighted by atomic mass is 16.5. The van der Waals surface area contributed by atoms with Gasteiger partial charge >= 0.3 is 0 Å². The molecule has 0 aliphatic carbocycles. The van der Waals surface area contributed by atoms with Crippen LogP contribution in [0.1, 0.15) is 22.4 Å². The predicted octanol–water partition coefficient (Wildman–Crippen LogP) is 7.33. The molecule has 4 aliphatic heterocycles. The third-order valence-corrected chi connectivity index (χ3v) is 10.3. The number of para-hydroxylation sites is 1. The minimum atomic E-state index is 0.473. The highest BCUT2D eigenvalue weighted by Crippen LogP contribution is 2.29. The first-order valence-corrected chi connectivity index (χ1v) is 20.6. The van der Waals surface area contributed by atoms with Crippen molar-refractivity contribution in [3.63, 3.8) is 0 Å². The summed E-state index contributed by atoms with van der Waals surface area (Å²) in [6.07, 6.45) is 21.4. The summed E-state index contributed by atoms with van der Waals surface area (Å²) >= 11 is 0. The molecule has 0 saturated heterocycles. The molecule has 12 rings (SSSR count). The number of rotatable bonds is 4. The van der Waals surface area contributed by atoms with Crippen molar-refractivity contribution < 1.29 is 18.9 Å². The third-order valence-electron chi connectivity index (χ3n) is 10.3. The van der Waals surface area contributed by atoms with Crippen molar-refractivity contribution in [1.82, 2.24) is 39.9 Å². The van der Waals surface area contributed by atoms with E-state index < -0.39 is 0 Å². The first-order chi connectivity index (χ1) is 31.7. The summed E-state index contributed by atoms with van der Waals surface area (Å²) in [6.45, 7) is 5.29. The zero-order chi connectivity index (χ0) is 43.2. The summed E-state index contributed by atoms with van der Waals surface area (Å²) in [7, 11) is 0. The molecule has 0 fully saturated rings. The number of benzene rings is 1. The Morgan fingerprint density at radius 3 is 1.48 bits per heavy atom. The Hall–Kier alpha value is -8.40. The van der Waals surface area contributed by atoms with E-state index in [0.29, 0.717) is 32.9 Å². The molecule has 7 aromatic heterocycles. The second-order valence-electron chi connectivity index (χ2n) is 14.6. The van der Waals surface area contributed by atoms with E-state index in [1.54, 1.807) is 55.6 Å². The molecule has 4 aliphatic rings. The maximum Gasteiger partial charge on any atom is 0.228 e. The van der Waals surface area contributed by atoms with Crippen LogP contribution in [0, 0.1) is 0 Å². The fourth-order valence-electron chi connectivity index (χ4n) is 7.05. The SMILES string of the molecule is c1ccc(N2COc3cccnc3C2)nc1.c1ccc(N2COc3ccncc3C2)cc1.c1cnc(N2COc3ccncc3C2)nc1.c1cncc(N2COc3ccncc3C2)c1. The van der Waals surface area contributed by atoms with Crippen molar-refractivity contribution in [3.8, 4) is 23.0 Å². The lowest BCUT2D eigenvalue weighted by Crippen LogP contribution is -2.33. The summed E-state index contributed by atoms with van der Waals surface area (Å²) in [6, 6.07) is 31.4. The topological polar surface area (TPSA) is 153 Å². The lowest BCUT2D eigenvalue weighted by Gasteiger charge is -2.30. The van der Waals surface area contributed by atoms with Gasteiger partial charge in [-0.2, -0.15) is 0 Å². The van der Waals surface area contributed by atoms with Gasteiger partial charge in [0.1, 0.15) is 34.5 Å². The number of nitrogens with zero attached hydrogens (tertiary/aromatic N) is 12. The van der Waals surface area contributed by atoms with Gasteiger partial charge in [-0.1, -0.05) is 24.3 Å². The van der Waals surface area contributed by atoms with Crippen molar-refractivity contribution in [1.29, 1.82) is 0 Å². The molecule has 64 heavy (non-hydrogen) atoms. The first-order valence-electron chi connectivity index (χ1n) is 20.6. The summed E-state index contributed by atoms with van der Waals surface area (Å²) in [5, 5.41) is 0. The number of pyridine rings is 6. The third kappa shape index (κ3) is 10.4. The molecule has 0 amide bonds. The van der Waals surface area contributed by atoms with E-state index in [1.807, 2.05) is 109 Å². The molecule has 8 aromatic rings. The van der Waals surface area contributed by atoms with E-state index in [0.717, 1.165) is 83.1 Å². The fraction of sp³-hybridized carbons (Fsp3) is 0.167. The van der Waals surface area contributed by atoms with Crippen LogP contribution in [-0.2, 0) is 26.2 Å². The number of fused-ring (bicyclic) bond motifs is 4. The van der Waals surface area contributed by atoms with Crippen LogP contribution >= 0.6 is 0 Å². The lowest BCUT2D eigenvalue weighted by molar-refractivity contribution is 0.285. The summed E-state index contributed by atoms with van der Waals surface area (Å²) in [5.74, 6) is 5.23. The Bertz CT molecular complexity index is 2320. The van der Waals surface area contributed by atoms with Crippen molar-refractivity contribution in [2.75, 3.05) is 46.5 Å². The van der Waals surface area contributed by atoms with Gasteiger partial charge in [0.25, 0.3) is 0 Å². The molecule has 11 heterocycles. The normalized spacial score (nSPS) is 14.1. The Kier molecular flexibility index (Phi) is 13.1. The molecule has 0 unspecified atom stereocenters. The molecule has 0 bridgehead atoms. The van der Waals surface area contributed by atoms with Gasteiger partial charge in [0, 0.05) is 90.5 Å². The quantitative estimate of drug-likeness (QED) is 0.173. The van der Waals surface area contributed by atoms with Crippen molar-refractivity contribution in [3.05, 3.63) is 194 Å². The number of anilines is 4. The average Bonchev–Trinajstić information content (AvgIpc) is 3.39. The standard InChI is InChI=1S/C13H12N2O.2C12H11N3O.C11H10N4O/c1-2-4-12(5-3-1)15-9-11-8-14-7-6-13(11)16-10-15;1-2-6-14-12(5-1)15-8-10-11(16-9-15)4-3-7-13-10;1-2-11(7-13-4-1)15-8-10-6-14-5-3-12(10)16-9-15;1-3-13-11(14-4-1)15-7-9-6-12-5-2-10(9)16-8-15/h1-8H,9-10H2;2*1-7H,8-9H2;1-6H,7-8H2.